The fourth-order valence-corrected chi connectivity index (χ4v) is 2.13. The molecule has 0 amide bonds. The zero-order valence-corrected chi connectivity index (χ0v) is 5.51. The van der Waals surface area contributed by atoms with Crippen molar-refractivity contribution >= 4 is 0 Å². The van der Waals surface area contributed by atoms with Crippen LogP contribution in [0, 0.1) is 17.8 Å². The lowest BCUT2D eigenvalue weighted by Gasteiger charge is -2.13. The first-order valence-corrected chi connectivity index (χ1v) is 3.73. The van der Waals surface area contributed by atoms with Crippen molar-refractivity contribution in [3.63, 3.8) is 0 Å². The Labute approximate surface area is 55.9 Å². The molecule has 3 unspecified atom stereocenters. The van der Waals surface area contributed by atoms with Crippen molar-refractivity contribution in [1.82, 2.24) is 5.73 Å². The number of hydrogen-bond acceptors (Lipinski definition) is 0. The van der Waals surface area contributed by atoms with Gasteiger partial charge in [-0.3, -0.25) is 5.73 Å². The van der Waals surface area contributed by atoms with Gasteiger partial charge in [0.25, 0.3) is 0 Å². The highest BCUT2D eigenvalue weighted by molar-refractivity contribution is 5.10. The quantitative estimate of drug-likeness (QED) is 0.470. The average Bonchev–Trinajstić information content (AvgIpc) is 2.45. The minimum Gasteiger partial charge on any atom is -0.258 e. The molecule has 0 aromatic carbocycles. The summed E-state index contributed by atoms with van der Waals surface area (Å²) in [5.41, 5.74) is 7.22. The summed E-state index contributed by atoms with van der Waals surface area (Å²) in [6.45, 7) is 0.644. The standard InChI is InChI=1S/C8H12N/c9-5-8-4-6-1-2-7(8)3-6/h1-2,6-9H,3-5H2. The van der Waals surface area contributed by atoms with E-state index < -0.39 is 0 Å². The van der Waals surface area contributed by atoms with Crippen molar-refractivity contribution in [2.45, 2.75) is 12.8 Å². The van der Waals surface area contributed by atoms with E-state index in [1.54, 1.807) is 0 Å². The Morgan fingerprint density at radius 1 is 1.33 bits per heavy atom. The van der Waals surface area contributed by atoms with E-state index in [2.05, 4.69) is 12.2 Å². The molecular formula is C8H12N. The molecule has 0 saturated heterocycles. The third-order valence-electron chi connectivity index (χ3n) is 2.68. The minimum absolute atomic E-state index is 0.644. The highest BCUT2D eigenvalue weighted by atomic mass is 14.6. The van der Waals surface area contributed by atoms with Crippen molar-refractivity contribution in [3.05, 3.63) is 12.2 Å². The number of hydrogen-bond donors (Lipinski definition) is 0. The third-order valence-corrected chi connectivity index (χ3v) is 2.68. The van der Waals surface area contributed by atoms with Crippen molar-refractivity contribution in [2.24, 2.45) is 17.8 Å². The van der Waals surface area contributed by atoms with Gasteiger partial charge < -0.3 is 0 Å². The zero-order valence-electron chi connectivity index (χ0n) is 5.51. The highest BCUT2D eigenvalue weighted by Crippen LogP contribution is 2.42. The third kappa shape index (κ3) is 0.715. The monoisotopic (exact) mass is 122 g/mol. The Bertz CT molecular complexity index is 140. The van der Waals surface area contributed by atoms with Crippen LogP contribution in [-0.4, -0.2) is 6.54 Å². The summed E-state index contributed by atoms with van der Waals surface area (Å²) in [7, 11) is 0. The molecule has 0 aliphatic heterocycles. The minimum atomic E-state index is 0.644. The van der Waals surface area contributed by atoms with Gasteiger partial charge in [0.2, 0.25) is 0 Å². The molecule has 1 nitrogen and oxygen atoms in total. The molecule has 1 radical (unpaired) electrons. The summed E-state index contributed by atoms with van der Waals surface area (Å²) in [6, 6.07) is 0. The summed E-state index contributed by atoms with van der Waals surface area (Å²) in [5, 5.41) is 0. The molecule has 1 fully saturated rings. The normalized spacial score (nSPS) is 46.6. The first kappa shape index (κ1) is 5.48. The average molecular weight is 122 g/mol. The fourth-order valence-electron chi connectivity index (χ4n) is 2.13. The second-order valence-corrected chi connectivity index (χ2v) is 3.24. The maximum Gasteiger partial charge on any atom is 0.0134 e. The van der Waals surface area contributed by atoms with E-state index >= 15 is 0 Å². The van der Waals surface area contributed by atoms with Crippen molar-refractivity contribution in [3.8, 4) is 0 Å². The van der Waals surface area contributed by atoms with Crippen LogP contribution in [0.25, 0.3) is 0 Å². The largest absolute Gasteiger partial charge is 0.258 e. The molecule has 1 N–H and O–H groups in total. The van der Waals surface area contributed by atoms with Gasteiger partial charge in [0.05, 0.1) is 0 Å². The van der Waals surface area contributed by atoms with Gasteiger partial charge in [-0.15, -0.1) is 0 Å². The first-order chi connectivity index (χ1) is 4.40. The lowest BCUT2D eigenvalue weighted by atomic mass is 9.94. The predicted molar refractivity (Wildman–Crippen MR) is 36.8 cm³/mol. The van der Waals surface area contributed by atoms with Crippen LogP contribution in [0.1, 0.15) is 12.8 Å². The summed E-state index contributed by atoms with van der Waals surface area (Å²) in [5.74, 6) is 2.35. The Hall–Kier alpha value is -0.300. The maximum atomic E-state index is 7.22. The zero-order chi connectivity index (χ0) is 6.27. The van der Waals surface area contributed by atoms with Crippen LogP contribution >= 0.6 is 0 Å². The van der Waals surface area contributed by atoms with Gasteiger partial charge in [0.15, 0.2) is 0 Å². The Morgan fingerprint density at radius 2 is 2.22 bits per heavy atom. The molecule has 2 aliphatic carbocycles. The van der Waals surface area contributed by atoms with Crippen molar-refractivity contribution in [1.29, 1.82) is 0 Å². The van der Waals surface area contributed by atoms with E-state index in [1.165, 1.54) is 12.8 Å². The van der Waals surface area contributed by atoms with Gasteiger partial charge in [0, 0.05) is 6.54 Å². The van der Waals surface area contributed by atoms with E-state index in [1.807, 2.05) is 0 Å². The number of fused-ring (bicyclic) bond motifs is 2. The lowest BCUT2D eigenvalue weighted by molar-refractivity contribution is 0.454. The molecule has 2 bridgehead atoms. The summed E-state index contributed by atoms with van der Waals surface area (Å²) in [4.78, 5) is 0. The molecule has 0 spiro atoms. The Kier molecular flexibility index (Phi) is 1.12. The molecule has 2 rings (SSSR count). The predicted octanol–water partition coefficient (Wildman–Crippen LogP) is 1.48. The first-order valence-electron chi connectivity index (χ1n) is 3.73. The van der Waals surface area contributed by atoms with Crippen LogP contribution < -0.4 is 5.73 Å². The van der Waals surface area contributed by atoms with Crippen LogP contribution in [0.4, 0.5) is 0 Å². The second-order valence-electron chi connectivity index (χ2n) is 3.24. The molecule has 0 aromatic rings. The molecule has 1 saturated carbocycles. The van der Waals surface area contributed by atoms with Crippen LogP contribution in [0.3, 0.4) is 0 Å². The van der Waals surface area contributed by atoms with Gasteiger partial charge in [-0.2, -0.15) is 0 Å². The van der Waals surface area contributed by atoms with Gasteiger partial charge >= 0.3 is 0 Å². The van der Waals surface area contributed by atoms with E-state index in [9.17, 15) is 0 Å². The lowest BCUT2D eigenvalue weighted by Crippen LogP contribution is -2.11. The van der Waals surface area contributed by atoms with Crippen LogP contribution in [0.5, 0.6) is 0 Å². The summed E-state index contributed by atoms with van der Waals surface area (Å²) < 4.78 is 0. The van der Waals surface area contributed by atoms with Gasteiger partial charge in [-0.25, -0.2) is 0 Å². The number of rotatable bonds is 1. The van der Waals surface area contributed by atoms with Gasteiger partial charge in [0.1, 0.15) is 0 Å². The van der Waals surface area contributed by atoms with Crippen LogP contribution in [-0.2, 0) is 0 Å². The SMILES string of the molecule is [NH]CC1CC2C=CC1C2. The van der Waals surface area contributed by atoms with E-state index in [4.69, 9.17) is 5.73 Å². The van der Waals surface area contributed by atoms with Crippen LogP contribution in [0.15, 0.2) is 12.2 Å². The summed E-state index contributed by atoms with van der Waals surface area (Å²) in [6.07, 6.45) is 7.29. The Balaban J connectivity index is 2.10. The molecule has 1 heteroatoms. The van der Waals surface area contributed by atoms with Crippen molar-refractivity contribution < 1.29 is 0 Å². The molecule has 0 heterocycles. The van der Waals surface area contributed by atoms with Gasteiger partial charge in [-0.05, 0) is 30.6 Å². The Morgan fingerprint density at radius 3 is 2.56 bits per heavy atom. The van der Waals surface area contributed by atoms with Crippen LogP contribution in [0.2, 0.25) is 0 Å². The number of allylic oxidation sites excluding steroid dienone is 2. The topological polar surface area (TPSA) is 23.8 Å². The number of nitrogens with one attached hydrogen (secondary N) is 1. The fraction of sp³-hybridized carbons (Fsp3) is 0.750. The van der Waals surface area contributed by atoms with E-state index in [0.29, 0.717) is 12.5 Å². The highest BCUT2D eigenvalue weighted by Gasteiger charge is 2.34. The molecule has 2 aliphatic rings. The molecule has 3 atom stereocenters. The van der Waals surface area contributed by atoms with Crippen molar-refractivity contribution in [2.75, 3.05) is 6.54 Å². The second kappa shape index (κ2) is 1.84. The molecule has 49 valence electrons. The van der Waals surface area contributed by atoms with Gasteiger partial charge in [-0.1, -0.05) is 12.2 Å². The maximum absolute atomic E-state index is 7.22. The smallest absolute Gasteiger partial charge is 0.0134 e. The molecule has 9 heavy (non-hydrogen) atoms. The van der Waals surface area contributed by atoms with E-state index in [0.717, 1.165) is 11.8 Å². The molecular weight excluding hydrogens is 110 g/mol. The summed E-state index contributed by atoms with van der Waals surface area (Å²) >= 11 is 0. The van der Waals surface area contributed by atoms with E-state index in [-0.39, 0.29) is 0 Å². The molecule has 0 aromatic heterocycles.